The Kier molecular flexibility index (Phi) is 5.73. The Bertz CT molecular complexity index is 724. The zero-order chi connectivity index (χ0) is 17.8. The van der Waals surface area contributed by atoms with E-state index in [0.29, 0.717) is 17.0 Å². The number of rotatable bonds is 5. The molecule has 1 aromatic carbocycles. The number of carbonyl (C=O) groups is 1. The van der Waals surface area contributed by atoms with Crippen LogP contribution in [0.5, 0.6) is 0 Å². The van der Waals surface area contributed by atoms with Crippen LogP contribution < -0.4 is 0 Å². The van der Waals surface area contributed by atoms with Crippen LogP contribution in [0.25, 0.3) is 5.69 Å². The number of hydrogen-bond acceptors (Lipinski definition) is 5. The third-order valence-corrected chi connectivity index (χ3v) is 5.84. The van der Waals surface area contributed by atoms with Gasteiger partial charge in [0.1, 0.15) is 0 Å². The first-order chi connectivity index (χ1) is 12.0. The Labute approximate surface area is 153 Å². The Morgan fingerprint density at radius 1 is 1.32 bits per heavy atom. The summed E-state index contributed by atoms with van der Waals surface area (Å²) in [7, 11) is 1.92. The number of benzene rings is 1. The molecular formula is C18H25N5OS. The standard InChI is InChI=1S/C18H25N5OS/c1-13-7-9-15(10-8-13)22(3)17(24)12-25-18-19-20-21-23(18)16-6-4-5-14(2)11-16/h4-6,11,13,15H,7-10,12H2,1-3H3. The van der Waals surface area contributed by atoms with Crippen molar-refractivity contribution in [2.75, 3.05) is 12.8 Å². The lowest BCUT2D eigenvalue weighted by atomic mass is 9.87. The first-order valence-corrected chi connectivity index (χ1v) is 9.77. The van der Waals surface area contributed by atoms with Crippen LogP contribution in [-0.2, 0) is 4.79 Å². The van der Waals surface area contributed by atoms with Crippen LogP contribution in [0, 0.1) is 12.8 Å². The topological polar surface area (TPSA) is 63.9 Å². The van der Waals surface area contributed by atoms with Crippen molar-refractivity contribution < 1.29 is 4.79 Å². The molecule has 2 aromatic rings. The number of hydrogen-bond donors (Lipinski definition) is 0. The molecule has 0 radical (unpaired) electrons. The summed E-state index contributed by atoms with van der Waals surface area (Å²) in [6.07, 6.45) is 4.63. The van der Waals surface area contributed by atoms with Crippen LogP contribution in [-0.4, -0.2) is 49.9 Å². The molecule has 1 fully saturated rings. The average Bonchev–Trinajstić information content (AvgIpc) is 3.08. The van der Waals surface area contributed by atoms with Gasteiger partial charge in [-0.3, -0.25) is 4.79 Å². The molecule has 1 amide bonds. The third-order valence-electron chi connectivity index (χ3n) is 4.94. The molecule has 0 N–H and O–H groups in total. The van der Waals surface area contributed by atoms with Crippen LogP contribution >= 0.6 is 11.8 Å². The monoisotopic (exact) mass is 359 g/mol. The quantitative estimate of drug-likeness (QED) is 0.768. The van der Waals surface area contributed by atoms with Crippen LogP contribution in [0.4, 0.5) is 0 Å². The normalized spacial score (nSPS) is 20.4. The molecule has 6 nitrogen and oxygen atoms in total. The SMILES string of the molecule is Cc1cccc(-n2nnnc2SCC(=O)N(C)C2CCC(C)CC2)c1. The van der Waals surface area contributed by atoms with Crippen molar-refractivity contribution in [2.45, 2.75) is 50.7 Å². The molecule has 0 unspecified atom stereocenters. The zero-order valence-electron chi connectivity index (χ0n) is 15.1. The maximum Gasteiger partial charge on any atom is 0.233 e. The minimum Gasteiger partial charge on any atom is -0.342 e. The molecule has 134 valence electrons. The Balaban J connectivity index is 1.60. The van der Waals surface area contributed by atoms with Crippen molar-refractivity contribution in [2.24, 2.45) is 5.92 Å². The van der Waals surface area contributed by atoms with Gasteiger partial charge in [-0.2, -0.15) is 4.68 Å². The van der Waals surface area contributed by atoms with E-state index in [2.05, 4.69) is 22.4 Å². The summed E-state index contributed by atoms with van der Waals surface area (Å²) in [5.41, 5.74) is 2.06. The molecule has 3 rings (SSSR count). The van der Waals surface area contributed by atoms with Gasteiger partial charge in [-0.05, 0) is 66.6 Å². The predicted octanol–water partition coefficient (Wildman–Crippen LogP) is 3.10. The molecule has 1 aromatic heterocycles. The zero-order valence-corrected chi connectivity index (χ0v) is 15.9. The van der Waals surface area contributed by atoms with Gasteiger partial charge in [-0.15, -0.1) is 5.10 Å². The fourth-order valence-electron chi connectivity index (χ4n) is 3.25. The molecule has 0 bridgehead atoms. The molecule has 0 saturated heterocycles. The second-order valence-corrected chi connectivity index (χ2v) is 7.86. The van der Waals surface area contributed by atoms with Gasteiger partial charge in [0.15, 0.2) is 0 Å². The number of tetrazole rings is 1. The summed E-state index contributed by atoms with van der Waals surface area (Å²) >= 11 is 1.39. The molecule has 1 aliphatic rings. The van der Waals surface area contributed by atoms with Crippen LogP contribution in [0.3, 0.4) is 0 Å². The van der Waals surface area contributed by atoms with Crippen molar-refractivity contribution in [1.82, 2.24) is 25.1 Å². The average molecular weight is 359 g/mol. The number of amides is 1. The van der Waals surface area contributed by atoms with E-state index in [1.54, 1.807) is 4.68 Å². The smallest absolute Gasteiger partial charge is 0.233 e. The number of carbonyl (C=O) groups excluding carboxylic acids is 1. The second kappa shape index (κ2) is 7.99. The summed E-state index contributed by atoms with van der Waals surface area (Å²) in [4.78, 5) is 14.5. The summed E-state index contributed by atoms with van der Waals surface area (Å²) < 4.78 is 1.69. The van der Waals surface area contributed by atoms with E-state index in [4.69, 9.17) is 0 Å². The minimum absolute atomic E-state index is 0.142. The Hall–Kier alpha value is -1.89. The van der Waals surface area contributed by atoms with Crippen LogP contribution in [0.1, 0.15) is 38.2 Å². The van der Waals surface area contributed by atoms with Crippen molar-refractivity contribution in [3.63, 3.8) is 0 Å². The molecule has 1 aliphatic carbocycles. The highest BCUT2D eigenvalue weighted by Crippen LogP contribution is 2.27. The lowest BCUT2D eigenvalue weighted by Crippen LogP contribution is -2.40. The number of nitrogens with zero attached hydrogens (tertiary/aromatic N) is 5. The predicted molar refractivity (Wildman–Crippen MR) is 98.8 cm³/mol. The Morgan fingerprint density at radius 2 is 2.08 bits per heavy atom. The number of aromatic nitrogens is 4. The van der Waals surface area contributed by atoms with Gasteiger partial charge >= 0.3 is 0 Å². The van der Waals surface area contributed by atoms with Crippen molar-refractivity contribution in [3.8, 4) is 5.69 Å². The van der Waals surface area contributed by atoms with Crippen LogP contribution in [0.2, 0.25) is 0 Å². The number of aryl methyl sites for hydroxylation is 1. The van der Waals surface area contributed by atoms with Gasteiger partial charge < -0.3 is 4.90 Å². The van der Waals surface area contributed by atoms with Crippen molar-refractivity contribution >= 4 is 17.7 Å². The van der Waals surface area contributed by atoms with Gasteiger partial charge in [0.25, 0.3) is 0 Å². The molecule has 7 heteroatoms. The van der Waals surface area contributed by atoms with Crippen molar-refractivity contribution in [1.29, 1.82) is 0 Å². The fourth-order valence-corrected chi connectivity index (χ4v) is 4.07. The molecule has 0 atom stereocenters. The molecule has 25 heavy (non-hydrogen) atoms. The molecule has 1 saturated carbocycles. The third kappa shape index (κ3) is 4.39. The summed E-state index contributed by atoms with van der Waals surface area (Å²) in [6, 6.07) is 8.37. The summed E-state index contributed by atoms with van der Waals surface area (Å²) in [5.74, 6) is 1.28. The molecular weight excluding hydrogens is 334 g/mol. The van der Waals surface area contributed by atoms with Crippen LogP contribution in [0.15, 0.2) is 29.4 Å². The highest BCUT2D eigenvalue weighted by Gasteiger charge is 2.25. The maximum absolute atomic E-state index is 12.5. The van der Waals surface area contributed by atoms with Gasteiger partial charge in [-0.25, -0.2) is 0 Å². The fraction of sp³-hybridized carbons (Fsp3) is 0.556. The van der Waals surface area contributed by atoms with Crippen molar-refractivity contribution in [3.05, 3.63) is 29.8 Å². The van der Waals surface area contributed by atoms with Gasteiger partial charge in [0, 0.05) is 13.1 Å². The van der Waals surface area contributed by atoms with Gasteiger partial charge in [0.2, 0.25) is 11.1 Å². The van der Waals surface area contributed by atoms with E-state index in [1.165, 1.54) is 24.6 Å². The lowest BCUT2D eigenvalue weighted by molar-refractivity contribution is -0.129. The molecule has 0 spiro atoms. The minimum atomic E-state index is 0.142. The van der Waals surface area contributed by atoms with E-state index >= 15 is 0 Å². The maximum atomic E-state index is 12.5. The van der Waals surface area contributed by atoms with Gasteiger partial charge in [0.05, 0.1) is 11.4 Å². The first kappa shape index (κ1) is 17.9. The summed E-state index contributed by atoms with van der Waals surface area (Å²) in [5, 5.41) is 12.5. The van der Waals surface area contributed by atoms with E-state index in [9.17, 15) is 4.79 Å². The van der Waals surface area contributed by atoms with E-state index < -0.39 is 0 Å². The highest BCUT2D eigenvalue weighted by atomic mass is 32.2. The lowest BCUT2D eigenvalue weighted by Gasteiger charge is -2.33. The number of thioether (sulfide) groups is 1. The summed E-state index contributed by atoms with van der Waals surface area (Å²) in [6.45, 7) is 4.32. The van der Waals surface area contributed by atoms with E-state index in [0.717, 1.165) is 30.0 Å². The first-order valence-electron chi connectivity index (χ1n) is 8.78. The second-order valence-electron chi connectivity index (χ2n) is 6.92. The Morgan fingerprint density at radius 3 is 2.80 bits per heavy atom. The van der Waals surface area contributed by atoms with E-state index in [-0.39, 0.29) is 5.91 Å². The van der Waals surface area contributed by atoms with E-state index in [1.807, 2.05) is 43.1 Å². The molecule has 0 aliphatic heterocycles. The highest BCUT2D eigenvalue weighted by molar-refractivity contribution is 7.99. The van der Waals surface area contributed by atoms with Gasteiger partial charge in [-0.1, -0.05) is 30.8 Å². The largest absolute Gasteiger partial charge is 0.342 e. The molecule has 1 heterocycles.